The second-order valence-corrected chi connectivity index (χ2v) is 9.10. The lowest BCUT2D eigenvalue weighted by atomic mass is 10.1. The van der Waals surface area contributed by atoms with E-state index >= 15 is 0 Å². The monoisotopic (exact) mass is 386 g/mol. The Morgan fingerprint density at radius 3 is 2.42 bits per heavy atom. The van der Waals surface area contributed by atoms with Gasteiger partial charge in [0, 0.05) is 38.8 Å². The number of rotatable bonds is 7. The van der Waals surface area contributed by atoms with Crippen LogP contribution in [0, 0.1) is 13.8 Å². The molecule has 1 saturated heterocycles. The zero-order valence-corrected chi connectivity index (χ0v) is 17.1. The smallest absolute Gasteiger partial charge is 0.220 e. The molecular weight excluding hydrogens is 356 g/mol. The Morgan fingerprint density at radius 2 is 1.88 bits per heavy atom. The summed E-state index contributed by atoms with van der Waals surface area (Å²) in [6.45, 7) is 8.47. The molecule has 0 aliphatic carbocycles. The molecule has 2 heterocycles. The van der Waals surface area contributed by atoms with Crippen LogP contribution in [-0.2, 0) is 33.0 Å². The van der Waals surface area contributed by atoms with Crippen LogP contribution in [0.4, 0.5) is 0 Å². The molecule has 2 rings (SSSR count). The maximum atomic E-state index is 12.4. The van der Waals surface area contributed by atoms with Crippen LogP contribution in [0.15, 0.2) is 0 Å². The number of sulfonamides is 1. The molecule has 0 spiro atoms. The molecule has 2 atom stereocenters. The molecule has 1 aromatic heterocycles. The highest BCUT2D eigenvalue weighted by Crippen LogP contribution is 2.15. The molecule has 0 radical (unpaired) electrons. The van der Waals surface area contributed by atoms with Gasteiger partial charge in [0.15, 0.2) is 0 Å². The van der Waals surface area contributed by atoms with Gasteiger partial charge < -0.3 is 10.1 Å². The lowest BCUT2D eigenvalue weighted by Crippen LogP contribution is -2.49. The van der Waals surface area contributed by atoms with Crippen molar-refractivity contribution >= 4 is 15.9 Å². The van der Waals surface area contributed by atoms with Crippen LogP contribution in [0.5, 0.6) is 0 Å². The Hall–Kier alpha value is -1.45. The van der Waals surface area contributed by atoms with Gasteiger partial charge in [-0.2, -0.15) is 9.40 Å². The number of nitrogens with zero attached hydrogens (tertiary/aromatic N) is 3. The van der Waals surface area contributed by atoms with Gasteiger partial charge in [-0.1, -0.05) is 0 Å². The molecule has 8 nitrogen and oxygen atoms in total. The van der Waals surface area contributed by atoms with Crippen molar-refractivity contribution < 1.29 is 17.9 Å². The number of nitrogens with one attached hydrogen (secondary N) is 1. The summed E-state index contributed by atoms with van der Waals surface area (Å²) in [5.74, 6) is -0.241. The first-order chi connectivity index (χ1) is 12.1. The van der Waals surface area contributed by atoms with Gasteiger partial charge in [-0.25, -0.2) is 8.42 Å². The van der Waals surface area contributed by atoms with E-state index in [1.807, 2.05) is 34.7 Å². The van der Waals surface area contributed by atoms with E-state index in [2.05, 4.69) is 10.4 Å². The largest absolute Gasteiger partial charge is 0.373 e. The van der Waals surface area contributed by atoms with E-state index in [9.17, 15) is 13.2 Å². The molecule has 1 amide bonds. The maximum absolute atomic E-state index is 12.4. The minimum absolute atomic E-state index is 0.0941. The number of morpholine rings is 1. The normalized spacial score (nSPS) is 21.7. The minimum Gasteiger partial charge on any atom is -0.373 e. The van der Waals surface area contributed by atoms with Crippen molar-refractivity contribution in [2.75, 3.05) is 25.4 Å². The summed E-state index contributed by atoms with van der Waals surface area (Å²) in [6, 6.07) is 0. The Morgan fingerprint density at radius 1 is 1.27 bits per heavy atom. The number of aryl methyl sites for hydroxylation is 2. The molecule has 0 aromatic carbocycles. The Kier molecular flexibility index (Phi) is 6.81. The molecule has 1 N–H and O–H groups in total. The van der Waals surface area contributed by atoms with Gasteiger partial charge in [-0.3, -0.25) is 9.48 Å². The summed E-state index contributed by atoms with van der Waals surface area (Å²) in [6.07, 6.45) is 0.685. The summed E-state index contributed by atoms with van der Waals surface area (Å²) in [5.41, 5.74) is 3.05. The standard InChI is InChI=1S/C17H30N4O4S/c1-12-10-21(11-13(2)25-12)26(23,24)9-8-18-17(22)7-6-16-14(3)19-20(5)15(16)4/h12-13H,6-11H2,1-5H3,(H,18,22)/t12-,13+. The number of carbonyl (C=O) groups is 1. The van der Waals surface area contributed by atoms with Gasteiger partial charge in [0.05, 0.1) is 23.7 Å². The molecule has 1 aliphatic heterocycles. The third kappa shape index (κ3) is 5.28. The summed E-state index contributed by atoms with van der Waals surface area (Å²) in [5, 5.41) is 7.05. The number of aromatic nitrogens is 2. The predicted molar refractivity (Wildman–Crippen MR) is 99.4 cm³/mol. The van der Waals surface area contributed by atoms with E-state index in [0.29, 0.717) is 25.9 Å². The van der Waals surface area contributed by atoms with E-state index in [1.165, 1.54) is 4.31 Å². The van der Waals surface area contributed by atoms with Crippen LogP contribution >= 0.6 is 0 Å². The van der Waals surface area contributed by atoms with Crippen LogP contribution < -0.4 is 5.32 Å². The fourth-order valence-electron chi connectivity index (χ4n) is 3.31. The number of ether oxygens (including phenoxy) is 1. The molecule has 1 fully saturated rings. The molecule has 0 bridgehead atoms. The van der Waals surface area contributed by atoms with Crippen molar-refractivity contribution in [3.8, 4) is 0 Å². The number of hydrogen-bond acceptors (Lipinski definition) is 5. The van der Waals surface area contributed by atoms with Gasteiger partial charge in [-0.15, -0.1) is 0 Å². The Balaban J connectivity index is 1.78. The average Bonchev–Trinajstić information content (AvgIpc) is 2.77. The zero-order chi connectivity index (χ0) is 19.5. The lowest BCUT2D eigenvalue weighted by molar-refractivity contribution is -0.120. The predicted octanol–water partition coefficient (Wildman–Crippen LogP) is 0.525. The Labute approximate surface area is 155 Å². The van der Waals surface area contributed by atoms with Crippen molar-refractivity contribution in [2.45, 2.75) is 52.7 Å². The molecule has 1 aromatic rings. The van der Waals surface area contributed by atoms with Crippen LogP contribution in [0.1, 0.15) is 37.2 Å². The van der Waals surface area contributed by atoms with Crippen molar-refractivity contribution in [3.05, 3.63) is 17.0 Å². The van der Waals surface area contributed by atoms with Crippen LogP contribution in [0.2, 0.25) is 0 Å². The highest BCUT2D eigenvalue weighted by Gasteiger charge is 2.30. The number of amides is 1. The maximum Gasteiger partial charge on any atom is 0.220 e. The van der Waals surface area contributed by atoms with Gasteiger partial charge in [0.25, 0.3) is 0 Å². The second-order valence-electron chi connectivity index (χ2n) is 7.01. The van der Waals surface area contributed by atoms with Gasteiger partial charge >= 0.3 is 0 Å². The van der Waals surface area contributed by atoms with E-state index in [1.54, 1.807) is 4.68 Å². The minimum atomic E-state index is -3.40. The van der Waals surface area contributed by atoms with E-state index < -0.39 is 10.0 Å². The first-order valence-corrected chi connectivity index (χ1v) is 10.6. The quantitative estimate of drug-likeness (QED) is 0.738. The van der Waals surface area contributed by atoms with Crippen molar-refractivity contribution in [3.63, 3.8) is 0 Å². The molecule has 1 aliphatic rings. The van der Waals surface area contributed by atoms with Crippen molar-refractivity contribution in [1.29, 1.82) is 0 Å². The lowest BCUT2D eigenvalue weighted by Gasteiger charge is -2.34. The van der Waals surface area contributed by atoms with Gasteiger partial charge in [0.2, 0.25) is 15.9 Å². The molecule has 148 valence electrons. The number of hydrogen-bond donors (Lipinski definition) is 1. The fraction of sp³-hybridized carbons (Fsp3) is 0.765. The first kappa shape index (κ1) is 20.9. The van der Waals surface area contributed by atoms with Crippen LogP contribution in [-0.4, -0.2) is 66.0 Å². The summed E-state index contributed by atoms with van der Waals surface area (Å²) in [4.78, 5) is 12.0. The summed E-state index contributed by atoms with van der Waals surface area (Å²) >= 11 is 0. The van der Waals surface area contributed by atoms with Crippen LogP contribution in [0.25, 0.3) is 0 Å². The molecule has 26 heavy (non-hydrogen) atoms. The van der Waals surface area contributed by atoms with Crippen LogP contribution in [0.3, 0.4) is 0 Å². The second kappa shape index (κ2) is 8.49. The van der Waals surface area contributed by atoms with E-state index in [0.717, 1.165) is 17.0 Å². The molecular formula is C17H30N4O4S. The highest BCUT2D eigenvalue weighted by atomic mass is 32.2. The highest BCUT2D eigenvalue weighted by molar-refractivity contribution is 7.89. The number of carbonyl (C=O) groups excluding carboxylic acids is 1. The van der Waals surface area contributed by atoms with Crippen molar-refractivity contribution in [2.24, 2.45) is 7.05 Å². The molecule has 0 saturated carbocycles. The summed E-state index contributed by atoms with van der Waals surface area (Å²) in [7, 11) is -1.52. The van der Waals surface area contributed by atoms with Gasteiger partial charge in [-0.05, 0) is 39.7 Å². The first-order valence-electron chi connectivity index (χ1n) is 8.99. The SMILES string of the molecule is Cc1nn(C)c(C)c1CCC(=O)NCCS(=O)(=O)N1C[C@@H](C)O[C@@H](C)C1. The van der Waals surface area contributed by atoms with Gasteiger partial charge in [0.1, 0.15) is 0 Å². The molecule has 0 unspecified atom stereocenters. The zero-order valence-electron chi connectivity index (χ0n) is 16.3. The third-order valence-electron chi connectivity index (χ3n) is 4.72. The van der Waals surface area contributed by atoms with Crippen molar-refractivity contribution in [1.82, 2.24) is 19.4 Å². The van der Waals surface area contributed by atoms with E-state index in [-0.39, 0.29) is 30.4 Å². The molecule has 9 heteroatoms. The Bertz CT molecular complexity index is 734. The van der Waals surface area contributed by atoms with E-state index in [4.69, 9.17) is 4.74 Å². The third-order valence-corrected chi connectivity index (χ3v) is 6.53. The topological polar surface area (TPSA) is 93.5 Å². The fourth-order valence-corrected chi connectivity index (χ4v) is 4.80. The summed E-state index contributed by atoms with van der Waals surface area (Å²) < 4.78 is 33.7. The average molecular weight is 387 g/mol.